The van der Waals surface area contributed by atoms with E-state index in [9.17, 15) is 9.59 Å². The molecule has 1 amide bonds. The fraction of sp³-hybridized carbons (Fsp3) is 0.400. The number of rotatable bonds is 3. The molecule has 1 saturated heterocycles. The second kappa shape index (κ2) is 6.75. The van der Waals surface area contributed by atoms with E-state index in [2.05, 4.69) is 4.74 Å². The number of amides is 1. The van der Waals surface area contributed by atoms with Gasteiger partial charge < -0.3 is 9.47 Å². The maximum Gasteiger partial charge on any atom is 0.410 e. The van der Waals surface area contributed by atoms with Crippen LogP contribution in [0.15, 0.2) is 24.3 Å². The van der Waals surface area contributed by atoms with E-state index in [4.69, 9.17) is 10.00 Å². The van der Waals surface area contributed by atoms with E-state index in [0.717, 1.165) is 12.0 Å². The molecule has 1 aromatic carbocycles. The minimum Gasteiger partial charge on any atom is -0.459 e. The van der Waals surface area contributed by atoms with Gasteiger partial charge in [-0.15, -0.1) is 0 Å². The van der Waals surface area contributed by atoms with E-state index in [1.807, 2.05) is 6.07 Å². The Morgan fingerprint density at radius 1 is 1.48 bits per heavy atom. The minimum absolute atomic E-state index is 0.0832. The zero-order valence-corrected chi connectivity index (χ0v) is 11.7. The van der Waals surface area contributed by atoms with Crippen molar-refractivity contribution >= 4 is 12.1 Å². The predicted molar refractivity (Wildman–Crippen MR) is 73.1 cm³/mol. The van der Waals surface area contributed by atoms with Crippen molar-refractivity contribution in [3.05, 3.63) is 35.4 Å². The summed E-state index contributed by atoms with van der Waals surface area (Å²) in [5, 5.41) is 8.82. The summed E-state index contributed by atoms with van der Waals surface area (Å²) in [6.45, 7) is 0.580. The summed E-state index contributed by atoms with van der Waals surface area (Å²) in [4.78, 5) is 25.0. The van der Waals surface area contributed by atoms with Crippen molar-refractivity contribution in [2.24, 2.45) is 0 Å². The molecule has 2 rings (SSSR count). The molecule has 0 bridgehead atoms. The van der Waals surface area contributed by atoms with Gasteiger partial charge in [0.2, 0.25) is 0 Å². The first-order valence-corrected chi connectivity index (χ1v) is 6.66. The molecule has 0 spiro atoms. The van der Waals surface area contributed by atoms with Crippen molar-refractivity contribution in [2.75, 3.05) is 13.7 Å². The lowest BCUT2D eigenvalue weighted by Crippen LogP contribution is -2.41. The third-order valence-electron chi connectivity index (χ3n) is 3.37. The minimum atomic E-state index is -0.586. The molecular weight excluding hydrogens is 272 g/mol. The lowest BCUT2D eigenvalue weighted by Gasteiger charge is -2.21. The van der Waals surface area contributed by atoms with Crippen LogP contribution < -0.4 is 0 Å². The predicted octanol–water partition coefficient (Wildman–Crippen LogP) is 1.83. The summed E-state index contributed by atoms with van der Waals surface area (Å²) in [7, 11) is 1.29. The molecule has 0 N–H and O–H groups in total. The second-order valence-corrected chi connectivity index (χ2v) is 4.74. The van der Waals surface area contributed by atoms with Crippen LogP contribution >= 0.6 is 0 Å². The Labute approximate surface area is 122 Å². The van der Waals surface area contributed by atoms with Crippen molar-refractivity contribution < 1.29 is 19.1 Å². The number of hydrogen-bond donors (Lipinski definition) is 0. The SMILES string of the molecule is COC(=O)N1CCC[C@@H]1C(=O)OCc1cccc(C#N)c1. The van der Waals surface area contributed by atoms with Gasteiger partial charge in [-0.05, 0) is 30.5 Å². The topological polar surface area (TPSA) is 79.6 Å². The van der Waals surface area contributed by atoms with Crippen LogP contribution in [0, 0.1) is 11.3 Å². The molecule has 0 unspecified atom stereocenters. The van der Waals surface area contributed by atoms with Gasteiger partial charge in [-0.2, -0.15) is 5.26 Å². The lowest BCUT2D eigenvalue weighted by atomic mass is 10.1. The molecule has 110 valence electrons. The molecule has 0 saturated carbocycles. The van der Waals surface area contributed by atoms with E-state index >= 15 is 0 Å². The number of likely N-dealkylation sites (tertiary alicyclic amines) is 1. The van der Waals surface area contributed by atoms with E-state index in [1.165, 1.54) is 12.0 Å². The van der Waals surface area contributed by atoms with Crippen molar-refractivity contribution in [3.8, 4) is 6.07 Å². The van der Waals surface area contributed by atoms with Gasteiger partial charge in [0.1, 0.15) is 12.6 Å². The molecule has 6 nitrogen and oxygen atoms in total. The number of methoxy groups -OCH3 is 1. The Morgan fingerprint density at radius 3 is 3.00 bits per heavy atom. The lowest BCUT2D eigenvalue weighted by molar-refractivity contribution is -0.149. The van der Waals surface area contributed by atoms with Crippen LogP contribution in [0.1, 0.15) is 24.0 Å². The fourth-order valence-corrected chi connectivity index (χ4v) is 2.33. The summed E-state index contributed by atoms with van der Waals surface area (Å²) in [6.07, 6.45) is 0.811. The van der Waals surface area contributed by atoms with Crippen LogP contribution in [-0.2, 0) is 20.9 Å². The molecule has 1 atom stereocenters. The number of hydrogen-bond acceptors (Lipinski definition) is 5. The standard InChI is InChI=1S/C15H16N2O4/c1-20-15(19)17-7-3-6-13(17)14(18)21-10-12-5-2-4-11(8-12)9-16/h2,4-5,8,13H,3,6-7,10H2,1H3/t13-/m1/s1. The highest BCUT2D eigenvalue weighted by atomic mass is 16.6. The molecule has 1 aromatic rings. The van der Waals surface area contributed by atoms with Crippen LogP contribution in [-0.4, -0.2) is 36.7 Å². The largest absolute Gasteiger partial charge is 0.459 e. The van der Waals surface area contributed by atoms with Crippen LogP contribution in [0.25, 0.3) is 0 Å². The van der Waals surface area contributed by atoms with Crippen molar-refractivity contribution in [3.63, 3.8) is 0 Å². The number of nitrogens with zero attached hydrogens (tertiary/aromatic N) is 2. The Bertz CT molecular complexity index is 579. The number of esters is 1. The van der Waals surface area contributed by atoms with E-state index in [-0.39, 0.29) is 6.61 Å². The van der Waals surface area contributed by atoms with Crippen LogP contribution in [0.4, 0.5) is 4.79 Å². The van der Waals surface area contributed by atoms with Crippen LogP contribution in [0.2, 0.25) is 0 Å². The Balaban J connectivity index is 1.95. The monoisotopic (exact) mass is 288 g/mol. The molecule has 1 fully saturated rings. The number of benzene rings is 1. The molecule has 0 aromatic heterocycles. The van der Waals surface area contributed by atoms with E-state index in [1.54, 1.807) is 24.3 Å². The van der Waals surface area contributed by atoms with Gasteiger partial charge in [-0.25, -0.2) is 9.59 Å². The first-order valence-electron chi connectivity index (χ1n) is 6.66. The Hall–Kier alpha value is -2.55. The smallest absolute Gasteiger partial charge is 0.410 e. The quantitative estimate of drug-likeness (QED) is 0.793. The van der Waals surface area contributed by atoms with Crippen LogP contribution in [0.5, 0.6) is 0 Å². The number of ether oxygens (including phenoxy) is 2. The summed E-state index contributed by atoms with van der Waals surface area (Å²) in [5.41, 5.74) is 1.26. The first-order chi connectivity index (χ1) is 10.2. The van der Waals surface area contributed by atoms with Gasteiger partial charge in [-0.1, -0.05) is 12.1 Å². The highest BCUT2D eigenvalue weighted by molar-refractivity contribution is 5.82. The Morgan fingerprint density at radius 2 is 2.29 bits per heavy atom. The van der Waals surface area contributed by atoms with Crippen LogP contribution in [0.3, 0.4) is 0 Å². The van der Waals surface area contributed by atoms with Gasteiger partial charge >= 0.3 is 12.1 Å². The number of nitriles is 1. The summed E-state index contributed by atoms with van der Waals surface area (Å²) in [6, 6.07) is 8.30. The highest BCUT2D eigenvalue weighted by Crippen LogP contribution is 2.20. The van der Waals surface area contributed by atoms with Gasteiger partial charge in [-0.3, -0.25) is 4.90 Å². The molecular formula is C15H16N2O4. The highest BCUT2D eigenvalue weighted by Gasteiger charge is 2.35. The second-order valence-electron chi connectivity index (χ2n) is 4.74. The van der Waals surface area contributed by atoms with Crippen molar-refractivity contribution in [2.45, 2.75) is 25.5 Å². The van der Waals surface area contributed by atoms with E-state index in [0.29, 0.717) is 18.5 Å². The molecule has 1 aliphatic heterocycles. The van der Waals surface area contributed by atoms with Gasteiger partial charge in [0.15, 0.2) is 0 Å². The average Bonchev–Trinajstić information content (AvgIpc) is 3.01. The number of carbonyl (C=O) groups is 2. The average molecular weight is 288 g/mol. The van der Waals surface area contributed by atoms with Crippen molar-refractivity contribution in [1.29, 1.82) is 5.26 Å². The van der Waals surface area contributed by atoms with E-state index < -0.39 is 18.1 Å². The summed E-state index contributed by atoms with van der Waals surface area (Å²) in [5.74, 6) is -0.444. The molecule has 0 radical (unpaired) electrons. The Kier molecular flexibility index (Phi) is 4.77. The molecule has 1 aliphatic rings. The zero-order valence-electron chi connectivity index (χ0n) is 11.7. The molecule has 0 aliphatic carbocycles. The summed E-state index contributed by atoms with van der Waals surface area (Å²) >= 11 is 0. The maximum absolute atomic E-state index is 12.1. The molecule has 6 heteroatoms. The summed E-state index contributed by atoms with van der Waals surface area (Å²) < 4.78 is 9.89. The van der Waals surface area contributed by atoms with Crippen molar-refractivity contribution in [1.82, 2.24) is 4.90 Å². The third kappa shape index (κ3) is 3.51. The first kappa shape index (κ1) is 14.9. The normalized spacial score (nSPS) is 17.1. The fourth-order valence-electron chi connectivity index (χ4n) is 2.33. The molecule has 21 heavy (non-hydrogen) atoms. The third-order valence-corrected chi connectivity index (χ3v) is 3.37. The van der Waals surface area contributed by atoms with Gasteiger partial charge in [0.25, 0.3) is 0 Å². The molecule has 1 heterocycles. The zero-order chi connectivity index (χ0) is 15.2. The van der Waals surface area contributed by atoms with Gasteiger partial charge in [0.05, 0.1) is 18.7 Å². The van der Waals surface area contributed by atoms with Gasteiger partial charge in [0, 0.05) is 6.54 Å². The number of carbonyl (C=O) groups excluding carboxylic acids is 2. The maximum atomic E-state index is 12.1.